The van der Waals surface area contributed by atoms with Gasteiger partial charge in [0.2, 0.25) is 0 Å². The number of hydrogen-bond donors (Lipinski definition) is 1. The molecule has 1 aliphatic heterocycles. The Morgan fingerprint density at radius 3 is 2.73 bits per heavy atom. The van der Waals surface area contributed by atoms with E-state index in [2.05, 4.69) is 5.32 Å². The van der Waals surface area contributed by atoms with E-state index in [1.54, 1.807) is 4.57 Å². The van der Waals surface area contributed by atoms with Crippen LogP contribution in [0.15, 0.2) is 47.5 Å². The molecule has 0 spiro atoms. The molecule has 0 bridgehead atoms. The van der Waals surface area contributed by atoms with Gasteiger partial charge in [0, 0.05) is 36.6 Å². The average molecular weight is 397 g/mol. The molecular weight excluding hydrogens is 376 g/mol. The third kappa shape index (κ3) is 4.87. The molecule has 2 heterocycles. The molecule has 26 heavy (non-hydrogen) atoms. The molecule has 0 radical (unpaired) electrons. The normalized spacial score (nSPS) is 17.8. The van der Waals surface area contributed by atoms with E-state index >= 15 is 0 Å². The number of nitrogens with zero attached hydrogens (tertiary/aromatic N) is 1. The summed E-state index contributed by atoms with van der Waals surface area (Å²) in [5.74, 6) is -0.0421. The molecular formula is C18H21ClN2O4S. The van der Waals surface area contributed by atoms with Crippen LogP contribution in [0.4, 0.5) is 0 Å². The third-order valence-corrected chi connectivity index (χ3v) is 5.71. The Morgan fingerprint density at radius 2 is 2.08 bits per heavy atom. The molecule has 1 amide bonds. The quantitative estimate of drug-likeness (QED) is 0.761. The van der Waals surface area contributed by atoms with Gasteiger partial charge in [-0.2, -0.15) is 0 Å². The van der Waals surface area contributed by atoms with Crippen molar-refractivity contribution in [3.8, 4) is 0 Å². The number of benzene rings is 1. The molecule has 1 atom stereocenters. The first-order valence-electron chi connectivity index (χ1n) is 8.48. The number of nitrogens with one attached hydrogen (secondary N) is 1. The van der Waals surface area contributed by atoms with Crippen molar-refractivity contribution in [1.29, 1.82) is 0 Å². The first kappa shape index (κ1) is 18.9. The van der Waals surface area contributed by atoms with Crippen molar-refractivity contribution in [2.24, 2.45) is 5.92 Å². The Balaban J connectivity index is 1.79. The number of amides is 1. The zero-order valence-electron chi connectivity index (χ0n) is 14.2. The van der Waals surface area contributed by atoms with Crippen LogP contribution in [0.25, 0.3) is 0 Å². The number of aromatic nitrogens is 1. The number of ether oxygens (including phenoxy) is 1. The molecule has 1 aromatic heterocycles. The summed E-state index contributed by atoms with van der Waals surface area (Å²) in [6, 6.07) is 10.8. The summed E-state index contributed by atoms with van der Waals surface area (Å²) >= 11 is 0. The minimum absolute atomic E-state index is 0.0822. The Morgan fingerprint density at radius 1 is 1.31 bits per heavy atom. The highest BCUT2D eigenvalue weighted by atomic mass is 35.7. The van der Waals surface area contributed by atoms with Crippen molar-refractivity contribution in [2.45, 2.75) is 24.3 Å². The standard InChI is InChI=1S/C18H21ClN2O4S/c19-26(23,24)16-9-17(18(22)20-10-15-7-4-8-25-13-15)21(12-16)11-14-5-2-1-3-6-14/h1-3,5-6,9,12,15H,4,7-8,10-11,13H2,(H,20,22). The van der Waals surface area contributed by atoms with Crippen LogP contribution in [0.2, 0.25) is 0 Å². The predicted molar refractivity (Wildman–Crippen MR) is 98.9 cm³/mol. The highest BCUT2D eigenvalue weighted by Gasteiger charge is 2.21. The lowest BCUT2D eigenvalue weighted by Gasteiger charge is -2.22. The van der Waals surface area contributed by atoms with Crippen LogP contribution in [-0.2, 0) is 20.3 Å². The Hall–Kier alpha value is -1.83. The molecule has 1 fully saturated rings. The summed E-state index contributed by atoms with van der Waals surface area (Å²) in [5.41, 5.74) is 1.22. The van der Waals surface area contributed by atoms with Gasteiger partial charge in [0.1, 0.15) is 10.6 Å². The van der Waals surface area contributed by atoms with Gasteiger partial charge in [0.15, 0.2) is 0 Å². The van der Waals surface area contributed by atoms with E-state index in [1.807, 2.05) is 30.3 Å². The maximum Gasteiger partial charge on any atom is 0.267 e. The summed E-state index contributed by atoms with van der Waals surface area (Å²) in [7, 11) is 1.55. The number of hydrogen-bond acceptors (Lipinski definition) is 4. The zero-order chi connectivity index (χ0) is 18.6. The molecule has 0 saturated carbocycles. The molecule has 1 unspecified atom stereocenters. The van der Waals surface area contributed by atoms with Gasteiger partial charge in [-0.25, -0.2) is 8.42 Å². The molecule has 0 aliphatic carbocycles. The van der Waals surface area contributed by atoms with Gasteiger partial charge in [-0.3, -0.25) is 4.79 Å². The van der Waals surface area contributed by atoms with Crippen molar-refractivity contribution < 1.29 is 17.9 Å². The fourth-order valence-corrected chi connectivity index (χ4v) is 3.77. The topological polar surface area (TPSA) is 77.4 Å². The van der Waals surface area contributed by atoms with E-state index in [1.165, 1.54) is 12.3 Å². The van der Waals surface area contributed by atoms with Crippen molar-refractivity contribution >= 4 is 25.6 Å². The zero-order valence-corrected chi connectivity index (χ0v) is 15.8. The van der Waals surface area contributed by atoms with Crippen molar-refractivity contribution in [3.05, 3.63) is 53.9 Å². The van der Waals surface area contributed by atoms with Crippen molar-refractivity contribution in [1.82, 2.24) is 9.88 Å². The highest BCUT2D eigenvalue weighted by Crippen LogP contribution is 2.20. The average Bonchev–Trinajstić information content (AvgIpc) is 3.06. The largest absolute Gasteiger partial charge is 0.381 e. The summed E-state index contributed by atoms with van der Waals surface area (Å²) in [6.07, 6.45) is 3.39. The lowest BCUT2D eigenvalue weighted by atomic mass is 10.0. The van der Waals surface area contributed by atoms with Crippen molar-refractivity contribution in [2.75, 3.05) is 19.8 Å². The Labute approximate surface area is 157 Å². The van der Waals surface area contributed by atoms with Crippen LogP contribution >= 0.6 is 10.7 Å². The molecule has 140 valence electrons. The first-order valence-corrected chi connectivity index (χ1v) is 10.8. The lowest BCUT2D eigenvalue weighted by Crippen LogP contribution is -2.34. The van der Waals surface area contributed by atoms with Gasteiger partial charge in [-0.15, -0.1) is 0 Å². The van der Waals surface area contributed by atoms with Gasteiger partial charge in [0.05, 0.1) is 6.61 Å². The van der Waals surface area contributed by atoms with E-state index < -0.39 is 9.05 Å². The van der Waals surface area contributed by atoms with Gasteiger partial charge < -0.3 is 14.6 Å². The lowest BCUT2D eigenvalue weighted by molar-refractivity contribution is 0.0535. The molecule has 1 N–H and O–H groups in total. The molecule has 1 aromatic carbocycles. The second-order valence-corrected chi connectivity index (χ2v) is 8.97. The maximum atomic E-state index is 12.6. The van der Waals surface area contributed by atoms with Crippen molar-refractivity contribution in [3.63, 3.8) is 0 Å². The van der Waals surface area contributed by atoms with Crippen LogP contribution in [0.3, 0.4) is 0 Å². The summed E-state index contributed by atoms with van der Waals surface area (Å²) in [4.78, 5) is 12.5. The maximum absolute atomic E-state index is 12.6. The molecule has 1 aliphatic rings. The van der Waals surface area contributed by atoms with E-state index in [4.69, 9.17) is 15.4 Å². The summed E-state index contributed by atoms with van der Waals surface area (Å²) < 4.78 is 30.4. The number of halogens is 1. The van der Waals surface area contributed by atoms with Gasteiger partial charge in [0.25, 0.3) is 15.0 Å². The molecule has 6 nitrogen and oxygen atoms in total. The molecule has 3 rings (SSSR count). The van der Waals surface area contributed by atoms with Crippen LogP contribution in [0, 0.1) is 5.92 Å². The first-order chi connectivity index (χ1) is 12.4. The van der Waals surface area contributed by atoms with E-state index in [0.29, 0.717) is 19.7 Å². The van der Waals surface area contributed by atoms with E-state index in [-0.39, 0.29) is 22.4 Å². The monoisotopic (exact) mass is 396 g/mol. The van der Waals surface area contributed by atoms with Gasteiger partial charge in [-0.05, 0) is 30.4 Å². The number of carbonyl (C=O) groups is 1. The number of rotatable bonds is 6. The van der Waals surface area contributed by atoms with E-state index in [0.717, 1.165) is 25.0 Å². The Bertz CT molecular complexity index is 859. The number of carbonyl (C=O) groups excluding carboxylic acids is 1. The minimum atomic E-state index is -3.91. The second-order valence-electron chi connectivity index (χ2n) is 6.41. The smallest absolute Gasteiger partial charge is 0.267 e. The SMILES string of the molecule is O=C(NCC1CCCOC1)c1cc(S(=O)(=O)Cl)cn1Cc1ccccc1. The van der Waals surface area contributed by atoms with E-state index in [9.17, 15) is 13.2 Å². The molecule has 1 saturated heterocycles. The van der Waals surface area contributed by atoms with Gasteiger partial charge >= 0.3 is 0 Å². The second kappa shape index (κ2) is 8.24. The fraction of sp³-hybridized carbons (Fsp3) is 0.389. The van der Waals surface area contributed by atoms with Gasteiger partial charge in [-0.1, -0.05) is 30.3 Å². The minimum Gasteiger partial charge on any atom is -0.381 e. The van der Waals surface area contributed by atoms with Crippen LogP contribution < -0.4 is 5.32 Å². The van der Waals surface area contributed by atoms with Crippen LogP contribution in [0.5, 0.6) is 0 Å². The fourth-order valence-electron chi connectivity index (χ4n) is 3.01. The highest BCUT2D eigenvalue weighted by molar-refractivity contribution is 8.13. The van der Waals surface area contributed by atoms with Crippen LogP contribution in [-0.4, -0.2) is 38.7 Å². The van der Waals surface area contributed by atoms with Crippen LogP contribution in [0.1, 0.15) is 28.9 Å². The summed E-state index contributed by atoms with van der Waals surface area (Å²) in [5, 5.41) is 2.88. The molecule has 2 aromatic rings. The third-order valence-electron chi connectivity index (χ3n) is 4.39. The Kier molecular flexibility index (Phi) is 6.01. The summed E-state index contributed by atoms with van der Waals surface area (Å²) in [6.45, 7) is 2.27. The molecule has 8 heteroatoms. The predicted octanol–water partition coefficient (Wildman–Crippen LogP) is 2.62.